The van der Waals surface area contributed by atoms with Gasteiger partial charge in [0, 0.05) is 31.4 Å². The van der Waals surface area contributed by atoms with E-state index in [1.54, 1.807) is 24.4 Å². The molecule has 0 aliphatic carbocycles. The lowest BCUT2D eigenvalue weighted by atomic mass is 10.0. The van der Waals surface area contributed by atoms with E-state index in [0.717, 1.165) is 38.9 Å². The van der Waals surface area contributed by atoms with E-state index in [9.17, 15) is 9.18 Å². The van der Waals surface area contributed by atoms with Gasteiger partial charge < -0.3 is 5.32 Å². The van der Waals surface area contributed by atoms with Gasteiger partial charge in [0.15, 0.2) is 0 Å². The Morgan fingerprint density at radius 2 is 1.81 bits per heavy atom. The number of amides is 2. The minimum atomic E-state index is -0.416. The Hall–Kier alpha value is -3.19. The molecule has 7 heteroatoms. The number of urea groups is 1. The first-order valence-electron chi connectivity index (χ1n) is 10.8. The van der Waals surface area contributed by atoms with Gasteiger partial charge in [-0.3, -0.25) is 10.2 Å². The number of nitrogens with one attached hydrogen (secondary N) is 2. The number of aryl methyl sites for hydroxylation is 1. The fraction of sp³-hybridized carbons (Fsp3) is 0.333. The van der Waals surface area contributed by atoms with Crippen molar-refractivity contribution in [3.05, 3.63) is 77.7 Å². The van der Waals surface area contributed by atoms with Gasteiger partial charge in [-0.15, -0.1) is 0 Å². The number of piperidine rings is 1. The summed E-state index contributed by atoms with van der Waals surface area (Å²) in [5, 5.41) is 9.92. The van der Waals surface area contributed by atoms with Gasteiger partial charge in [0.2, 0.25) is 0 Å². The molecule has 0 atom stereocenters. The Kier molecular flexibility index (Phi) is 6.62. The maximum atomic E-state index is 13.3. The van der Waals surface area contributed by atoms with Gasteiger partial charge in [-0.05, 0) is 48.6 Å². The summed E-state index contributed by atoms with van der Waals surface area (Å²) < 4.78 is 15.2. The number of hydrogen-bond acceptors (Lipinski definition) is 3. The maximum absolute atomic E-state index is 13.3. The minimum absolute atomic E-state index is 0.234. The third-order valence-corrected chi connectivity index (χ3v) is 5.73. The smallest absolute Gasteiger partial charge is 0.308 e. The van der Waals surface area contributed by atoms with Crippen molar-refractivity contribution in [3.63, 3.8) is 0 Å². The molecule has 6 nitrogen and oxygen atoms in total. The third kappa shape index (κ3) is 5.49. The van der Waals surface area contributed by atoms with E-state index in [1.165, 1.54) is 23.3 Å². The van der Waals surface area contributed by atoms with Crippen LogP contribution >= 0.6 is 0 Å². The van der Waals surface area contributed by atoms with Crippen LogP contribution in [0.2, 0.25) is 0 Å². The number of hydrogen-bond donors (Lipinski definition) is 2. The third-order valence-electron chi connectivity index (χ3n) is 5.73. The summed E-state index contributed by atoms with van der Waals surface area (Å²) in [6.07, 6.45) is 4.69. The number of rotatable bonds is 6. The van der Waals surface area contributed by atoms with Gasteiger partial charge in [-0.25, -0.2) is 13.9 Å². The van der Waals surface area contributed by atoms with Gasteiger partial charge in [0.1, 0.15) is 11.6 Å². The second-order valence-electron chi connectivity index (χ2n) is 7.93. The molecule has 31 heavy (non-hydrogen) atoms. The maximum Gasteiger partial charge on any atom is 0.324 e. The number of halogens is 1. The van der Waals surface area contributed by atoms with E-state index >= 15 is 0 Å². The van der Waals surface area contributed by atoms with Crippen LogP contribution in [0.5, 0.6) is 0 Å². The molecule has 3 aromatic rings. The van der Waals surface area contributed by atoms with Crippen LogP contribution in [0.3, 0.4) is 0 Å². The molecule has 162 valence electrons. The Balaban J connectivity index is 1.31. The molecule has 2 heterocycles. The van der Waals surface area contributed by atoms with Gasteiger partial charge in [-0.1, -0.05) is 37.3 Å². The van der Waals surface area contributed by atoms with Crippen LogP contribution in [0.1, 0.15) is 36.9 Å². The second-order valence-corrected chi connectivity index (χ2v) is 7.93. The predicted octanol–water partition coefficient (Wildman–Crippen LogP) is 5.07. The Morgan fingerprint density at radius 3 is 2.52 bits per heavy atom. The number of benzene rings is 2. The summed E-state index contributed by atoms with van der Waals surface area (Å²) in [5.41, 5.74) is 3.11. The van der Waals surface area contributed by atoms with E-state index in [0.29, 0.717) is 11.5 Å². The van der Waals surface area contributed by atoms with Crippen LogP contribution in [0, 0.1) is 5.82 Å². The summed E-state index contributed by atoms with van der Waals surface area (Å²) in [5.74, 6) is 0.249. The first-order valence-corrected chi connectivity index (χ1v) is 10.8. The van der Waals surface area contributed by atoms with Crippen molar-refractivity contribution in [1.29, 1.82) is 0 Å². The fourth-order valence-electron chi connectivity index (χ4n) is 4.01. The molecule has 1 aliphatic rings. The van der Waals surface area contributed by atoms with Crippen molar-refractivity contribution >= 4 is 17.5 Å². The molecule has 0 saturated carbocycles. The SMILES string of the molecule is CCc1ccc(CN2CCC(n3nccc3NC(=O)Nc3cccc(F)c3)CC2)cc1. The summed E-state index contributed by atoms with van der Waals surface area (Å²) in [6.45, 7) is 5.09. The van der Waals surface area contributed by atoms with Crippen molar-refractivity contribution in [1.82, 2.24) is 14.7 Å². The molecule has 2 amide bonds. The first kappa shape index (κ1) is 21.1. The highest BCUT2D eigenvalue weighted by Gasteiger charge is 2.23. The molecule has 1 saturated heterocycles. The zero-order chi connectivity index (χ0) is 21.6. The molecule has 4 rings (SSSR count). The highest BCUT2D eigenvalue weighted by molar-refractivity contribution is 5.99. The van der Waals surface area contributed by atoms with Crippen LogP contribution in [-0.4, -0.2) is 33.8 Å². The molecule has 2 N–H and O–H groups in total. The number of carbonyl (C=O) groups is 1. The first-order chi connectivity index (χ1) is 15.1. The zero-order valence-corrected chi connectivity index (χ0v) is 17.7. The monoisotopic (exact) mass is 421 g/mol. The quantitative estimate of drug-likeness (QED) is 0.584. The lowest BCUT2D eigenvalue weighted by Crippen LogP contribution is -2.35. The summed E-state index contributed by atoms with van der Waals surface area (Å²) >= 11 is 0. The summed E-state index contributed by atoms with van der Waals surface area (Å²) in [7, 11) is 0. The van der Waals surface area contributed by atoms with Crippen molar-refractivity contribution in [2.45, 2.75) is 38.8 Å². The van der Waals surface area contributed by atoms with Gasteiger partial charge in [0.05, 0.1) is 12.2 Å². The Labute approximate surface area is 182 Å². The van der Waals surface area contributed by atoms with Gasteiger partial charge >= 0.3 is 6.03 Å². The summed E-state index contributed by atoms with van der Waals surface area (Å²) in [4.78, 5) is 14.8. The number of likely N-dealkylation sites (tertiary alicyclic amines) is 1. The molecule has 0 spiro atoms. The Bertz CT molecular complexity index is 1010. The second kappa shape index (κ2) is 9.75. The Morgan fingerprint density at radius 1 is 1.06 bits per heavy atom. The zero-order valence-electron chi connectivity index (χ0n) is 17.7. The van der Waals surface area contributed by atoms with Crippen LogP contribution in [0.4, 0.5) is 20.7 Å². The van der Waals surface area contributed by atoms with Crippen molar-refractivity contribution in [2.24, 2.45) is 0 Å². The van der Waals surface area contributed by atoms with Crippen LogP contribution in [0.25, 0.3) is 0 Å². The molecule has 1 aliphatic heterocycles. The van der Waals surface area contributed by atoms with E-state index in [4.69, 9.17) is 0 Å². The van der Waals surface area contributed by atoms with Crippen molar-refractivity contribution in [2.75, 3.05) is 23.7 Å². The lowest BCUT2D eigenvalue weighted by molar-refractivity contribution is 0.174. The number of carbonyl (C=O) groups excluding carboxylic acids is 1. The molecule has 1 aromatic heterocycles. The van der Waals surface area contributed by atoms with Gasteiger partial charge in [0.25, 0.3) is 0 Å². The number of anilines is 2. The molecular weight excluding hydrogens is 393 g/mol. The molecule has 1 fully saturated rings. The van der Waals surface area contributed by atoms with E-state index in [-0.39, 0.29) is 6.04 Å². The van der Waals surface area contributed by atoms with Crippen LogP contribution < -0.4 is 10.6 Å². The molecule has 0 bridgehead atoms. The van der Waals surface area contributed by atoms with E-state index < -0.39 is 11.8 Å². The average molecular weight is 422 g/mol. The van der Waals surface area contributed by atoms with Crippen molar-refractivity contribution in [3.8, 4) is 0 Å². The standard InChI is InChI=1S/C24H28FN5O/c1-2-18-6-8-19(9-7-18)17-29-14-11-22(12-15-29)30-23(10-13-26-30)28-24(31)27-21-5-3-4-20(25)16-21/h3-10,13,16,22H,2,11-12,14-15,17H2,1H3,(H2,27,28,31). The van der Waals surface area contributed by atoms with E-state index in [2.05, 4.69) is 51.8 Å². The molecular formula is C24H28FN5O. The normalized spacial score (nSPS) is 15.0. The fourth-order valence-corrected chi connectivity index (χ4v) is 4.01. The minimum Gasteiger partial charge on any atom is -0.308 e. The van der Waals surface area contributed by atoms with E-state index in [1.807, 2.05) is 4.68 Å². The molecule has 2 aromatic carbocycles. The highest BCUT2D eigenvalue weighted by atomic mass is 19.1. The van der Waals surface area contributed by atoms with Crippen molar-refractivity contribution < 1.29 is 9.18 Å². The number of aromatic nitrogens is 2. The average Bonchev–Trinajstić information content (AvgIpc) is 3.23. The molecule has 0 unspecified atom stereocenters. The predicted molar refractivity (Wildman–Crippen MR) is 121 cm³/mol. The van der Waals surface area contributed by atoms with Gasteiger partial charge in [-0.2, -0.15) is 5.10 Å². The molecule has 0 radical (unpaired) electrons. The topological polar surface area (TPSA) is 62.2 Å². The number of nitrogens with zero attached hydrogens (tertiary/aromatic N) is 3. The lowest BCUT2D eigenvalue weighted by Gasteiger charge is -2.32. The summed E-state index contributed by atoms with van der Waals surface area (Å²) in [6, 6.07) is 16.3. The highest BCUT2D eigenvalue weighted by Crippen LogP contribution is 2.26. The van der Waals surface area contributed by atoms with Crippen LogP contribution in [-0.2, 0) is 13.0 Å². The largest absolute Gasteiger partial charge is 0.324 e. The van der Waals surface area contributed by atoms with Crippen LogP contribution in [0.15, 0.2) is 60.8 Å².